The minimum atomic E-state index is -0.0348. The molecule has 0 bridgehead atoms. The van der Waals surface area contributed by atoms with E-state index in [1.807, 2.05) is 36.4 Å². The van der Waals surface area contributed by atoms with E-state index in [-0.39, 0.29) is 5.56 Å². The molecule has 1 aliphatic rings. The molecule has 0 saturated carbocycles. The highest BCUT2D eigenvalue weighted by Gasteiger charge is 2.23. The molecule has 1 fully saturated rings. The fourth-order valence-electron chi connectivity index (χ4n) is 4.37. The Bertz CT molecular complexity index is 1220. The maximum absolute atomic E-state index is 12.4. The van der Waals surface area contributed by atoms with Crippen molar-refractivity contribution in [1.29, 1.82) is 0 Å². The molecule has 0 unspecified atom stereocenters. The highest BCUT2D eigenvalue weighted by molar-refractivity contribution is 6.31. The Kier molecular flexibility index (Phi) is 4.86. The summed E-state index contributed by atoms with van der Waals surface area (Å²) in [4.78, 5) is 25.9. The van der Waals surface area contributed by atoms with Gasteiger partial charge < -0.3 is 14.9 Å². The molecule has 0 radical (unpaired) electrons. The lowest BCUT2D eigenvalue weighted by Gasteiger charge is -2.31. The van der Waals surface area contributed by atoms with Gasteiger partial charge in [0.05, 0.1) is 10.9 Å². The summed E-state index contributed by atoms with van der Waals surface area (Å²) in [5.41, 5.74) is 3.18. The molecule has 0 aliphatic carbocycles. The van der Waals surface area contributed by atoms with Crippen LogP contribution in [-0.4, -0.2) is 39.5 Å². The summed E-state index contributed by atoms with van der Waals surface area (Å²) < 4.78 is 0. The average molecular weight is 407 g/mol. The van der Waals surface area contributed by atoms with Gasteiger partial charge in [0.2, 0.25) is 0 Å². The minimum absolute atomic E-state index is 0.0348. The Labute approximate surface area is 173 Å². The zero-order valence-electron chi connectivity index (χ0n) is 16.1. The van der Waals surface area contributed by atoms with E-state index in [9.17, 15) is 4.79 Å². The monoisotopic (exact) mass is 406 g/mol. The number of hydrogen-bond donors (Lipinski definition) is 2. The van der Waals surface area contributed by atoms with Crippen LogP contribution < -0.4 is 5.56 Å². The van der Waals surface area contributed by atoms with Crippen molar-refractivity contribution in [3.8, 4) is 0 Å². The van der Waals surface area contributed by atoms with Crippen LogP contribution in [0.5, 0.6) is 0 Å². The van der Waals surface area contributed by atoms with Crippen LogP contribution in [0.3, 0.4) is 0 Å². The van der Waals surface area contributed by atoms with Crippen LogP contribution in [0.15, 0.2) is 53.5 Å². The number of hydrogen-bond acceptors (Lipinski definition) is 3. The second-order valence-corrected chi connectivity index (χ2v) is 8.27. The quantitative estimate of drug-likeness (QED) is 0.525. The molecular weight excluding hydrogens is 384 g/mol. The van der Waals surface area contributed by atoms with Crippen LogP contribution in [-0.2, 0) is 6.42 Å². The van der Waals surface area contributed by atoms with Gasteiger partial charge in [0, 0.05) is 34.6 Å². The van der Waals surface area contributed by atoms with Gasteiger partial charge in [-0.1, -0.05) is 29.8 Å². The van der Waals surface area contributed by atoms with E-state index in [2.05, 4.69) is 27.1 Å². The van der Waals surface area contributed by atoms with Crippen LogP contribution >= 0.6 is 11.6 Å². The topological polar surface area (TPSA) is 64.8 Å². The Morgan fingerprint density at radius 1 is 1.10 bits per heavy atom. The molecule has 148 valence electrons. The number of nitrogens with zero attached hydrogens (tertiary/aromatic N) is 2. The van der Waals surface area contributed by atoms with E-state index >= 15 is 0 Å². The number of para-hydroxylation sites is 1. The molecule has 2 aromatic heterocycles. The van der Waals surface area contributed by atoms with Crippen LogP contribution in [0.4, 0.5) is 0 Å². The Balaban J connectivity index is 1.23. The van der Waals surface area contributed by atoms with Crippen LogP contribution in [0, 0.1) is 0 Å². The SMILES string of the molecule is O=c1[nH]c(C2CCN(CCc3c[nH]c4cc(Cl)ccc34)CC2)nc2ccccc12. The second-order valence-electron chi connectivity index (χ2n) is 7.84. The van der Waals surface area contributed by atoms with Crippen molar-refractivity contribution >= 4 is 33.4 Å². The fourth-order valence-corrected chi connectivity index (χ4v) is 4.54. The zero-order chi connectivity index (χ0) is 19.8. The van der Waals surface area contributed by atoms with E-state index in [1.54, 1.807) is 0 Å². The van der Waals surface area contributed by atoms with Crippen molar-refractivity contribution in [1.82, 2.24) is 19.9 Å². The van der Waals surface area contributed by atoms with Crippen LogP contribution in [0.25, 0.3) is 21.8 Å². The van der Waals surface area contributed by atoms with Gasteiger partial charge in [0.25, 0.3) is 5.56 Å². The average Bonchev–Trinajstić information content (AvgIpc) is 3.14. The summed E-state index contributed by atoms with van der Waals surface area (Å²) >= 11 is 6.08. The number of nitrogens with one attached hydrogen (secondary N) is 2. The first-order valence-corrected chi connectivity index (χ1v) is 10.5. The number of benzene rings is 2. The van der Waals surface area contributed by atoms with E-state index in [0.29, 0.717) is 11.3 Å². The molecule has 0 spiro atoms. The minimum Gasteiger partial charge on any atom is -0.361 e. The molecule has 2 N–H and O–H groups in total. The number of fused-ring (bicyclic) bond motifs is 2. The Hall–Kier alpha value is -2.63. The molecule has 29 heavy (non-hydrogen) atoms. The lowest BCUT2D eigenvalue weighted by Crippen LogP contribution is -2.35. The van der Waals surface area contributed by atoms with Gasteiger partial charge in [-0.3, -0.25) is 4.79 Å². The summed E-state index contributed by atoms with van der Waals surface area (Å²) in [6.45, 7) is 3.08. The molecule has 5 nitrogen and oxygen atoms in total. The fraction of sp³-hybridized carbons (Fsp3) is 0.304. The molecule has 3 heterocycles. The number of H-pyrrole nitrogens is 2. The maximum atomic E-state index is 12.4. The van der Waals surface area contributed by atoms with Crippen molar-refractivity contribution in [3.05, 3.63) is 75.4 Å². The molecule has 0 amide bonds. The van der Waals surface area contributed by atoms with Gasteiger partial charge in [0.1, 0.15) is 5.82 Å². The first kappa shape index (κ1) is 18.4. The van der Waals surface area contributed by atoms with Crippen LogP contribution in [0.2, 0.25) is 5.02 Å². The van der Waals surface area contributed by atoms with E-state index < -0.39 is 0 Å². The first-order valence-electron chi connectivity index (χ1n) is 10.1. The summed E-state index contributed by atoms with van der Waals surface area (Å²) in [7, 11) is 0. The van der Waals surface area contributed by atoms with Crippen molar-refractivity contribution in [2.75, 3.05) is 19.6 Å². The van der Waals surface area contributed by atoms with Gasteiger partial charge in [-0.15, -0.1) is 0 Å². The number of aromatic nitrogens is 3. The largest absolute Gasteiger partial charge is 0.361 e. The second kappa shape index (κ2) is 7.65. The standard InChI is InChI=1S/C23H23ClN4O/c24-17-5-6-18-16(14-25-21(18)13-17)9-12-28-10-7-15(8-11-28)22-26-20-4-2-1-3-19(20)23(29)27-22/h1-6,13-15,25H,7-12H2,(H,26,27,29). The predicted octanol–water partition coefficient (Wildman–Crippen LogP) is 4.48. The highest BCUT2D eigenvalue weighted by Crippen LogP contribution is 2.27. The molecule has 4 aromatic rings. The molecule has 1 saturated heterocycles. The summed E-state index contributed by atoms with van der Waals surface area (Å²) in [6.07, 6.45) is 5.14. The lowest BCUT2D eigenvalue weighted by molar-refractivity contribution is 0.211. The van der Waals surface area contributed by atoms with Crippen molar-refractivity contribution < 1.29 is 0 Å². The van der Waals surface area contributed by atoms with Gasteiger partial charge >= 0.3 is 0 Å². The van der Waals surface area contributed by atoms with E-state index in [0.717, 1.165) is 60.8 Å². The van der Waals surface area contributed by atoms with Gasteiger partial charge in [0.15, 0.2) is 0 Å². The molecule has 6 heteroatoms. The third kappa shape index (κ3) is 3.68. The highest BCUT2D eigenvalue weighted by atomic mass is 35.5. The normalized spacial score (nSPS) is 16.0. The van der Waals surface area contributed by atoms with Crippen LogP contribution in [0.1, 0.15) is 30.1 Å². The van der Waals surface area contributed by atoms with Crippen molar-refractivity contribution in [3.63, 3.8) is 0 Å². The molecular formula is C23H23ClN4O. The Morgan fingerprint density at radius 3 is 2.79 bits per heavy atom. The number of rotatable bonds is 4. The third-order valence-corrected chi connectivity index (χ3v) is 6.27. The summed E-state index contributed by atoms with van der Waals surface area (Å²) in [5, 5.41) is 2.67. The molecule has 0 atom stereocenters. The van der Waals surface area contributed by atoms with Gasteiger partial charge in [-0.25, -0.2) is 4.98 Å². The summed E-state index contributed by atoms with van der Waals surface area (Å²) in [6, 6.07) is 13.6. The van der Waals surface area contributed by atoms with E-state index in [1.165, 1.54) is 10.9 Å². The molecule has 1 aliphatic heterocycles. The third-order valence-electron chi connectivity index (χ3n) is 6.03. The lowest BCUT2D eigenvalue weighted by atomic mass is 9.95. The van der Waals surface area contributed by atoms with Crippen molar-refractivity contribution in [2.24, 2.45) is 0 Å². The number of piperidine rings is 1. The van der Waals surface area contributed by atoms with Crippen molar-refractivity contribution in [2.45, 2.75) is 25.2 Å². The number of likely N-dealkylation sites (tertiary alicyclic amines) is 1. The predicted molar refractivity (Wildman–Crippen MR) is 118 cm³/mol. The maximum Gasteiger partial charge on any atom is 0.258 e. The Morgan fingerprint density at radius 2 is 1.93 bits per heavy atom. The van der Waals surface area contributed by atoms with Gasteiger partial charge in [-0.05, 0) is 62.2 Å². The number of aromatic amines is 2. The smallest absolute Gasteiger partial charge is 0.258 e. The first-order chi connectivity index (χ1) is 14.2. The zero-order valence-corrected chi connectivity index (χ0v) is 16.9. The summed E-state index contributed by atoms with van der Waals surface area (Å²) in [5.74, 6) is 1.15. The molecule has 5 rings (SSSR count). The molecule has 2 aromatic carbocycles. The van der Waals surface area contributed by atoms with Gasteiger partial charge in [-0.2, -0.15) is 0 Å². The van der Waals surface area contributed by atoms with E-state index in [4.69, 9.17) is 16.6 Å². The number of halogens is 1.